The second-order valence-corrected chi connectivity index (χ2v) is 6.98. The lowest BCUT2D eigenvalue weighted by molar-refractivity contribution is -0.146. The summed E-state index contributed by atoms with van der Waals surface area (Å²) in [7, 11) is 0.118. The van der Waals surface area contributed by atoms with Gasteiger partial charge >= 0.3 is 0 Å². The fraction of sp³-hybridized carbons (Fsp3) is 0.917. The van der Waals surface area contributed by atoms with Crippen LogP contribution < -0.4 is 0 Å². The largest absolute Gasteiger partial charge is 0.368 e. The fourth-order valence-corrected chi connectivity index (χ4v) is 2.64. The maximum Gasteiger partial charge on any atom is 0.156 e. The number of rotatable bonds is 9. The van der Waals surface area contributed by atoms with Gasteiger partial charge in [-0.1, -0.05) is 39.5 Å². The molecule has 0 aliphatic carbocycles. The normalized spacial score (nSPS) is 15.8. The molecule has 1 atom stereocenters. The molecule has 3 nitrogen and oxygen atoms in total. The minimum absolute atomic E-state index is 0.118. The molecule has 0 aliphatic rings. The Balaban J connectivity index is 4.19. The average molecular weight is 278 g/mol. The Morgan fingerprint density at radius 2 is 1.71 bits per heavy atom. The van der Waals surface area contributed by atoms with E-state index in [0.29, 0.717) is 12.8 Å². The van der Waals surface area contributed by atoms with E-state index in [1.807, 2.05) is 0 Å². The van der Waals surface area contributed by atoms with Gasteiger partial charge in [-0.3, -0.25) is 4.79 Å². The Hall–Kier alpha value is 0.157. The van der Waals surface area contributed by atoms with E-state index in [1.54, 1.807) is 6.92 Å². The summed E-state index contributed by atoms with van der Waals surface area (Å²) in [6, 6.07) is 0. The van der Waals surface area contributed by atoms with Gasteiger partial charge in [0.1, 0.15) is 4.75 Å². The van der Waals surface area contributed by atoms with Crippen LogP contribution in [0.5, 0.6) is 0 Å². The summed E-state index contributed by atoms with van der Waals surface area (Å²) in [4.78, 5) is 12.0. The van der Waals surface area contributed by atoms with E-state index in [-0.39, 0.29) is 16.0 Å². The Morgan fingerprint density at radius 3 is 2.12 bits per heavy atom. The fourth-order valence-electron chi connectivity index (χ4n) is 1.89. The smallest absolute Gasteiger partial charge is 0.156 e. The number of unbranched alkanes of at least 4 members (excludes halogenated alkanes) is 4. The minimum atomic E-state index is -1.93. The van der Waals surface area contributed by atoms with Crippen LogP contribution in [0.25, 0.3) is 0 Å². The van der Waals surface area contributed by atoms with Crippen LogP contribution in [-0.2, 0) is 4.79 Å². The summed E-state index contributed by atoms with van der Waals surface area (Å²) >= 11 is 4.22. The first-order valence-corrected chi connectivity index (χ1v) is 7.94. The third-order valence-corrected chi connectivity index (χ3v) is 5.53. The Labute approximate surface area is 113 Å². The van der Waals surface area contributed by atoms with Crippen molar-refractivity contribution in [2.45, 2.75) is 69.0 Å². The van der Waals surface area contributed by atoms with Gasteiger partial charge in [-0.15, -0.1) is 0 Å². The second kappa shape index (κ2) is 7.56. The Morgan fingerprint density at radius 1 is 1.18 bits per heavy atom. The van der Waals surface area contributed by atoms with Crippen molar-refractivity contribution < 1.29 is 15.0 Å². The highest BCUT2D eigenvalue weighted by Gasteiger charge is 2.46. The molecule has 0 spiro atoms. The van der Waals surface area contributed by atoms with E-state index < -0.39 is 10.2 Å². The molecule has 0 rings (SSSR count). The quantitative estimate of drug-likeness (QED) is 0.255. The highest BCUT2D eigenvalue weighted by molar-refractivity contribution is 7.83. The number of thiol groups is 1. The molecular weight excluding hydrogens is 252 g/mol. The van der Waals surface area contributed by atoms with E-state index >= 15 is 0 Å². The van der Waals surface area contributed by atoms with Crippen LogP contribution in [0.2, 0.25) is 0 Å². The van der Waals surface area contributed by atoms with Crippen LogP contribution in [0.3, 0.4) is 0 Å². The van der Waals surface area contributed by atoms with Crippen LogP contribution in [0.4, 0.5) is 0 Å². The van der Waals surface area contributed by atoms with Crippen molar-refractivity contribution in [3.05, 3.63) is 0 Å². The predicted octanol–water partition coefficient (Wildman–Crippen LogP) is 0.998. The molecule has 0 fully saturated rings. The van der Waals surface area contributed by atoms with Crippen LogP contribution >= 0.6 is 12.6 Å². The van der Waals surface area contributed by atoms with Crippen molar-refractivity contribution in [3.8, 4) is 0 Å². The third-order valence-electron chi connectivity index (χ3n) is 3.26. The monoisotopic (exact) mass is 278 g/mol. The van der Waals surface area contributed by atoms with Crippen molar-refractivity contribution in [3.63, 3.8) is 0 Å². The third kappa shape index (κ3) is 5.12. The van der Waals surface area contributed by atoms with Crippen LogP contribution in [-0.4, -0.2) is 36.4 Å². The molecule has 0 radical (unpaired) electrons. The van der Waals surface area contributed by atoms with Gasteiger partial charge in [0.2, 0.25) is 0 Å². The molecule has 17 heavy (non-hydrogen) atoms. The summed E-state index contributed by atoms with van der Waals surface area (Å²) in [5.74, 6) is -0.139. The number of hydrogen-bond acceptors (Lipinski definition) is 4. The average Bonchev–Trinajstić information content (AvgIpc) is 2.25. The Bertz CT molecular complexity index is 240. The molecule has 0 aromatic rings. The van der Waals surface area contributed by atoms with Gasteiger partial charge in [0, 0.05) is 6.42 Å². The van der Waals surface area contributed by atoms with Gasteiger partial charge in [-0.05, 0) is 12.8 Å². The predicted molar refractivity (Wildman–Crippen MR) is 77.5 cm³/mol. The summed E-state index contributed by atoms with van der Waals surface area (Å²) in [6.45, 7) is 3.91. The van der Waals surface area contributed by atoms with Crippen molar-refractivity contribution in [1.29, 1.82) is 0 Å². The first kappa shape index (κ1) is 17.2. The van der Waals surface area contributed by atoms with Crippen molar-refractivity contribution in [2.24, 2.45) is 0 Å². The van der Waals surface area contributed by atoms with E-state index in [4.69, 9.17) is 0 Å². The number of carbonyl (C=O) groups is 1. The number of aliphatic hydroxyl groups is 2. The second-order valence-electron chi connectivity index (χ2n) is 4.82. The molecule has 1 unspecified atom stereocenters. The maximum absolute atomic E-state index is 12.0. The van der Waals surface area contributed by atoms with Gasteiger partial charge in [0.15, 0.2) is 11.2 Å². The zero-order valence-electron chi connectivity index (χ0n) is 11.2. The number of Topliss-reactive ketones (excluding diaryl/α,β-unsaturated/α-hetero) is 1. The number of hydrogen-bond donors (Lipinski definition) is 3. The lowest BCUT2D eigenvalue weighted by Crippen LogP contribution is -2.55. The molecule has 0 bridgehead atoms. The van der Waals surface area contributed by atoms with Gasteiger partial charge in [0.05, 0.1) is 10.2 Å². The SMILES string of the molecule is CCCCCCCC(=O)C(S)(CC)C(O)(O)[SiH3]. The molecule has 102 valence electrons. The zero-order chi connectivity index (χ0) is 13.5. The number of ketones is 1. The first-order valence-electron chi connectivity index (χ1n) is 6.50. The van der Waals surface area contributed by atoms with Crippen LogP contribution in [0, 0.1) is 0 Å². The summed E-state index contributed by atoms with van der Waals surface area (Å²) in [5, 5.41) is 19.3. The number of carbonyl (C=O) groups excluding carboxylic acids is 1. The molecular formula is C12H26O3SSi. The molecule has 0 amide bonds. The van der Waals surface area contributed by atoms with Crippen molar-refractivity contribution in [2.75, 3.05) is 0 Å². The molecule has 0 saturated carbocycles. The highest BCUT2D eigenvalue weighted by atomic mass is 32.1. The molecule has 0 aliphatic heterocycles. The zero-order valence-corrected chi connectivity index (χ0v) is 14.1. The van der Waals surface area contributed by atoms with E-state index in [2.05, 4.69) is 19.6 Å². The van der Waals surface area contributed by atoms with Crippen LogP contribution in [0.15, 0.2) is 0 Å². The van der Waals surface area contributed by atoms with Gasteiger partial charge in [-0.2, -0.15) is 12.6 Å². The lowest BCUT2D eigenvalue weighted by Gasteiger charge is -2.36. The highest BCUT2D eigenvalue weighted by Crippen LogP contribution is 2.31. The molecule has 2 N–H and O–H groups in total. The molecule has 0 aromatic carbocycles. The van der Waals surface area contributed by atoms with Gasteiger partial charge < -0.3 is 10.2 Å². The van der Waals surface area contributed by atoms with E-state index in [1.165, 1.54) is 12.8 Å². The van der Waals surface area contributed by atoms with Gasteiger partial charge in [0.25, 0.3) is 0 Å². The first-order chi connectivity index (χ1) is 7.79. The maximum atomic E-state index is 12.0. The topological polar surface area (TPSA) is 57.5 Å². The molecule has 0 aromatic heterocycles. The van der Waals surface area contributed by atoms with Crippen molar-refractivity contribution in [1.82, 2.24) is 0 Å². The van der Waals surface area contributed by atoms with Crippen LogP contribution in [0.1, 0.15) is 58.8 Å². The standard InChI is InChI=1S/C12H26O3SSi/c1-3-5-6-7-8-9-10(13)11(16,4-2)12(14,15)17/h14-16H,3-9H2,1-2,17H3. The Kier molecular flexibility index (Phi) is 7.63. The van der Waals surface area contributed by atoms with E-state index in [0.717, 1.165) is 19.3 Å². The summed E-state index contributed by atoms with van der Waals surface area (Å²) in [6.07, 6.45) is 6.10. The molecule has 5 heteroatoms. The summed E-state index contributed by atoms with van der Waals surface area (Å²) < 4.78 is -1.29. The van der Waals surface area contributed by atoms with E-state index in [9.17, 15) is 15.0 Å². The lowest BCUT2D eigenvalue weighted by atomic mass is 9.94. The molecule has 0 heterocycles. The summed E-state index contributed by atoms with van der Waals surface area (Å²) in [5.41, 5.74) is -1.93. The molecule has 0 saturated heterocycles. The van der Waals surface area contributed by atoms with Gasteiger partial charge in [-0.25, -0.2) is 0 Å². The van der Waals surface area contributed by atoms with Crippen molar-refractivity contribution >= 4 is 28.7 Å². The minimum Gasteiger partial charge on any atom is -0.368 e.